The number of fused-ring (bicyclic) bond motifs is 1. The second kappa shape index (κ2) is 4.73. The maximum Gasteiger partial charge on any atom is 0.272 e. The Morgan fingerprint density at radius 1 is 1.38 bits per heavy atom. The monoisotopic (exact) mass is 220 g/mol. The highest BCUT2D eigenvalue weighted by Gasteiger charge is 2.22. The number of ether oxygens (including phenoxy) is 1. The van der Waals surface area contributed by atoms with Crippen LogP contribution in [-0.2, 0) is 9.68 Å². The number of hydrogen-bond acceptors (Lipinski definition) is 4. The minimum atomic E-state index is 0.0657. The molecule has 0 atom stereocenters. The average Bonchev–Trinajstić information content (AvgIpc) is 2.71. The van der Waals surface area contributed by atoms with Crippen LogP contribution in [0.15, 0.2) is 18.2 Å². The van der Waals surface area contributed by atoms with Gasteiger partial charge in [0.1, 0.15) is 5.75 Å². The Kier molecular flexibility index (Phi) is 3.13. The predicted molar refractivity (Wildman–Crippen MR) is 57.7 cm³/mol. The van der Waals surface area contributed by atoms with Crippen molar-refractivity contribution in [2.24, 2.45) is 0 Å². The van der Waals surface area contributed by atoms with E-state index in [0.29, 0.717) is 23.7 Å². The fraction of sp³-hybridized carbons (Fsp3) is 0.333. The lowest BCUT2D eigenvalue weighted by Gasteiger charge is -2.04. The lowest BCUT2D eigenvalue weighted by molar-refractivity contribution is -0.115. The van der Waals surface area contributed by atoms with Crippen LogP contribution in [0.1, 0.15) is 25.3 Å². The molecule has 0 saturated heterocycles. The van der Waals surface area contributed by atoms with Crippen molar-refractivity contribution in [2.45, 2.75) is 19.8 Å². The molecule has 4 heteroatoms. The molecule has 84 valence electrons. The molecule has 0 bridgehead atoms. The Balaban J connectivity index is 2.15. The number of unbranched alkanes of at least 4 members (excludes halogenated alkanes) is 1. The molecule has 0 fully saturated rings. The first-order valence-corrected chi connectivity index (χ1v) is 5.22. The molecule has 2 rings (SSSR count). The Bertz CT molecular complexity index is 433. The van der Waals surface area contributed by atoms with E-state index < -0.39 is 0 Å². The Labute approximate surface area is 93.4 Å². The van der Waals surface area contributed by atoms with E-state index in [0.717, 1.165) is 12.8 Å². The van der Waals surface area contributed by atoms with Gasteiger partial charge in [0.2, 0.25) is 0 Å². The van der Waals surface area contributed by atoms with E-state index in [1.807, 2.05) is 0 Å². The second-order valence-electron chi connectivity index (χ2n) is 3.46. The normalized spacial score (nSPS) is 12.4. The zero-order valence-corrected chi connectivity index (χ0v) is 8.99. The molecule has 0 aromatic heterocycles. The van der Waals surface area contributed by atoms with Crippen LogP contribution in [0.5, 0.6) is 11.5 Å². The minimum Gasteiger partial charge on any atom is -0.494 e. The van der Waals surface area contributed by atoms with E-state index >= 15 is 0 Å². The van der Waals surface area contributed by atoms with Gasteiger partial charge in [-0.25, -0.2) is 4.79 Å². The van der Waals surface area contributed by atoms with E-state index in [1.165, 1.54) is 0 Å². The molecule has 0 unspecified atom stereocenters. The number of carbonyl (C=O) groups excluding carboxylic acids is 1. The van der Waals surface area contributed by atoms with Crippen LogP contribution in [-0.4, -0.2) is 12.5 Å². The smallest absolute Gasteiger partial charge is 0.272 e. The molecular formula is C12H12O4. The molecule has 16 heavy (non-hydrogen) atoms. The summed E-state index contributed by atoms with van der Waals surface area (Å²) in [4.78, 5) is 20.1. The van der Waals surface area contributed by atoms with Crippen LogP contribution in [0.4, 0.5) is 0 Å². The number of rotatable bonds is 4. The maximum absolute atomic E-state index is 10.5. The molecule has 1 heterocycles. The fourth-order valence-corrected chi connectivity index (χ4v) is 1.39. The number of hydrogen-bond donors (Lipinski definition) is 0. The second-order valence-corrected chi connectivity index (χ2v) is 3.46. The zero-order chi connectivity index (χ0) is 11.4. The van der Waals surface area contributed by atoms with Crippen LogP contribution in [0.25, 0.3) is 5.76 Å². The van der Waals surface area contributed by atoms with E-state index in [4.69, 9.17) is 14.5 Å². The fourth-order valence-electron chi connectivity index (χ4n) is 1.39. The predicted octanol–water partition coefficient (Wildman–Crippen LogP) is 2.36. The first-order valence-electron chi connectivity index (χ1n) is 5.22. The van der Waals surface area contributed by atoms with Gasteiger partial charge in [-0.1, -0.05) is 13.3 Å². The molecule has 1 aromatic carbocycles. The van der Waals surface area contributed by atoms with Crippen molar-refractivity contribution in [3.05, 3.63) is 23.8 Å². The summed E-state index contributed by atoms with van der Waals surface area (Å²) in [5.41, 5.74) is 0.587. The Morgan fingerprint density at radius 2 is 2.25 bits per heavy atom. The van der Waals surface area contributed by atoms with Gasteiger partial charge in [-0.05, 0) is 24.6 Å². The highest BCUT2D eigenvalue weighted by Crippen LogP contribution is 2.35. The van der Waals surface area contributed by atoms with Crippen molar-refractivity contribution in [3.8, 4) is 11.5 Å². The van der Waals surface area contributed by atoms with Crippen LogP contribution in [0.2, 0.25) is 0 Å². The topological polar surface area (TPSA) is 44.8 Å². The van der Waals surface area contributed by atoms with Crippen molar-refractivity contribution >= 4 is 11.7 Å². The van der Waals surface area contributed by atoms with Gasteiger partial charge in [0.05, 0.1) is 12.2 Å². The highest BCUT2D eigenvalue weighted by atomic mass is 17.2. The van der Waals surface area contributed by atoms with Gasteiger partial charge in [0.25, 0.3) is 5.76 Å². The lowest BCUT2D eigenvalue weighted by atomic mass is 10.2. The molecule has 0 spiro atoms. The van der Waals surface area contributed by atoms with Crippen molar-refractivity contribution < 1.29 is 19.3 Å². The first-order chi connectivity index (χ1) is 7.85. The molecule has 0 radical (unpaired) electrons. The number of benzene rings is 1. The third-order valence-corrected chi connectivity index (χ3v) is 2.27. The molecular weight excluding hydrogens is 208 g/mol. The molecule has 1 aliphatic heterocycles. The van der Waals surface area contributed by atoms with Crippen LogP contribution in [0, 0.1) is 0 Å². The van der Waals surface area contributed by atoms with Crippen molar-refractivity contribution in [3.63, 3.8) is 0 Å². The third-order valence-electron chi connectivity index (χ3n) is 2.27. The summed E-state index contributed by atoms with van der Waals surface area (Å²) in [6.45, 7) is 2.76. The Morgan fingerprint density at radius 3 is 3.00 bits per heavy atom. The van der Waals surface area contributed by atoms with Gasteiger partial charge in [0, 0.05) is 0 Å². The largest absolute Gasteiger partial charge is 0.494 e. The van der Waals surface area contributed by atoms with Crippen molar-refractivity contribution in [2.75, 3.05) is 6.61 Å². The summed E-state index contributed by atoms with van der Waals surface area (Å²) in [6, 6.07) is 5.21. The molecule has 0 amide bonds. The van der Waals surface area contributed by atoms with E-state index in [9.17, 15) is 4.79 Å². The maximum atomic E-state index is 10.5. The van der Waals surface area contributed by atoms with Crippen molar-refractivity contribution in [1.29, 1.82) is 0 Å². The van der Waals surface area contributed by atoms with Gasteiger partial charge < -0.3 is 4.74 Å². The molecule has 0 saturated carbocycles. The van der Waals surface area contributed by atoms with Gasteiger partial charge in [-0.2, -0.15) is 0 Å². The molecule has 1 aliphatic rings. The van der Waals surface area contributed by atoms with Crippen molar-refractivity contribution in [1.82, 2.24) is 0 Å². The van der Waals surface area contributed by atoms with Gasteiger partial charge >= 0.3 is 0 Å². The standard InChI is InChI=1S/C12H12O4/c1-2-3-6-14-9-4-5-11-10(7-9)12(8-13)16-15-11/h4-5,7H,2-3,6H2,1H3. The Hall–Kier alpha value is -1.93. The first kappa shape index (κ1) is 10.6. The molecule has 0 N–H and O–H groups in total. The SMILES string of the molecule is CCCCOc1ccc2c(c1)C(=C=O)OO2. The summed E-state index contributed by atoms with van der Waals surface area (Å²) in [5, 5.41) is 0. The summed E-state index contributed by atoms with van der Waals surface area (Å²) < 4.78 is 5.51. The van der Waals surface area contributed by atoms with Crippen LogP contribution < -0.4 is 9.62 Å². The zero-order valence-electron chi connectivity index (χ0n) is 8.99. The lowest BCUT2D eigenvalue weighted by Crippen LogP contribution is -1.96. The minimum absolute atomic E-state index is 0.0657. The van der Waals surface area contributed by atoms with E-state index in [-0.39, 0.29) is 5.76 Å². The third kappa shape index (κ3) is 2.02. The quantitative estimate of drug-likeness (QED) is 0.444. The van der Waals surface area contributed by atoms with Gasteiger partial charge in [-0.15, -0.1) is 0 Å². The molecule has 0 aliphatic carbocycles. The molecule has 4 nitrogen and oxygen atoms in total. The van der Waals surface area contributed by atoms with Gasteiger partial charge in [-0.3, -0.25) is 9.78 Å². The van der Waals surface area contributed by atoms with Crippen LogP contribution >= 0.6 is 0 Å². The van der Waals surface area contributed by atoms with Gasteiger partial charge in [0.15, 0.2) is 11.7 Å². The van der Waals surface area contributed by atoms with E-state index in [1.54, 1.807) is 24.1 Å². The highest BCUT2D eigenvalue weighted by molar-refractivity contribution is 5.87. The summed E-state index contributed by atoms with van der Waals surface area (Å²) >= 11 is 0. The summed E-state index contributed by atoms with van der Waals surface area (Å²) in [5.74, 6) is 2.96. The van der Waals surface area contributed by atoms with Crippen LogP contribution in [0.3, 0.4) is 0 Å². The summed E-state index contributed by atoms with van der Waals surface area (Å²) in [6.07, 6.45) is 2.08. The molecule has 1 aromatic rings. The summed E-state index contributed by atoms with van der Waals surface area (Å²) in [7, 11) is 0. The average molecular weight is 220 g/mol. The van der Waals surface area contributed by atoms with E-state index in [2.05, 4.69) is 6.92 Å².